The second-order valence-electron chi connectivity index (χ2n) is 6.60. The second kappa shape index (κ2) is 5.63. The van der Waals surface area contributed by atoms with Crippen molar-refractivity contribution >= 4 is 23.2 Å². The number of hydrogen-bond donors (Lipinski definition) is 2. The Bertz CT molecular complexity index is 604. The summed E-state index contributed by atoms with van der Waals surface area (Å²) in [5.74, 6) is 0.619. The molecule has 22 heavy (non-hydrogen) atoms. The monoisotopic (exact) mass is 302 g/mol. The molecule has 2 N–H and O–H groups in total. The molecule has 0 radical (unpaired) electrons. The Balaban J connectivity index is 1.73. The SMILES string of the molecule is CC1(C)Oc2ccc(NC(=O)C3CCCCC3)cc2NC1=O. The zero-order chi connectivity index (χ0) is 15.7. The lowest BCUT2D eigenvalue weighted by molar-refractivity contribution is -0.129. The minimum absolute atomic E-state index is 0.0723. The van der Waals surface area contributed by atoms with E-state index in [1.54, 1.807) is 26.0 Å². The lowest BCUT2D eigenvalue weighted by Crippen LogP contribution is -2.45. The fourth-order valence-corrected chi connectivity index (χ4v) is 3.00. The smallest absolute Gasteiger partial charge is 0.268 e. The van der Waals surface area contributed by atoms with Crippen LogP contribution >= 0.6 is 0 Å². The van der Waals surface area contributed by atoms with Crippen molar-refractivity contribution in [2.45, 2.75) is 51.6 Å². The molecule has 0 unspecified atom stereocenters. The number of amides is 2. The molecule has 2 amide bonds. The number of benzene rings is 1. The van der Waals surface area contributed by atoms with Crippen LogP contribution in [0, 0.1) is 5.92 Å². The Labute approximate surface area is 130 Å². The van der Waals surface area contributed by atoms with E-state index in [9.17, 15) is 9.59 Å². The molecule has 0 bridgehead atoms. The van der Waals surface area contributed by atoms with Gasteiger partial charge in [0.25, 0.3) is 5.91 Å². The molecule has 0 spiro atoms. The highest BCUT2D eigenvalue weighted by Gasteiger charge is 2.35. The van der Waals surface area contributed by atoms with E-state index >= 15 is 0 Å². The molecular weight excluding hydrogens is 280 g/mol. The Morgan fingerprint density at radius 3 is 2.73 bits per heavy atom. The van der Waals surface area contributed by atoms with E-state index in [4.69, 9.17) is 4.74 Å². The summed E-state index contributed by atoms with van der Waals surface area (Å²) >= 11 is 0. The van der Waals surface area contributed by atoms with Gasteiger partial charge in [-0.25, -0.2) is 0 Å². The highest BCUT2D eigenvalue weighted by molar-refractivity contribution is 6.01. The van der Waals surface area contributed by atoms with Crippen LogP contribution in [-0.2, 0) is 9.59 Å². The quantitative estimate of drug-likeness (QED) is 0.880. The normalized spacial score (nSPS) is 20.5. The predicted octanol–water partition coefficient (Wildman–Crippen LogP) is 3.31. The second-order valence-corrected chi connectivity index (χ2v) is 6.60. The van der Waals surface area contributed by atoms with Crippen LogP contribution in [0.2, 0.25) is 0 Å². The summed E-state index contributed by atoms with van der Waals surface area (Å²) in [6.07, 6.45) is 5.40. The highest BCUT2D eigenvalue weighted by atomic mass is 16.5. The number of ether oxygens (including phenoxy) is 1. The number of carbonyl (C=O) groups is 2. The largest absolute Gasteiger partial charge is 0.476 e. The van der Waals surface area contributed by atoms with Gasteiger partial charge >= 0.3 is 0 Å². The van der Waals surface area contributed by atoms with E-state index < -0.39 is 5.60 Å². The third-order valence-electron chi connectivity index (χ3n) is 4.38. The van der Waals surface area contributed by atoms with Gasteiger partial charge in [-0.1, -0.05) is 19.3 Å². The van der Waals surface area contributed by atoms with Gasteiger partial charge in [0.1, 0.15) is 5.75 Å². The van der Waals surface area contributed by atoms with E-state index in [0.717, 1.165) is 25.7 Å². The van der Waals surface area contributed by atoms with Crippen molar-refractivity contribution in [3.63, 3.8) is 0 Å². The molecule has 1 aromatic rings. The van der Waals surface area contributed by atoms with Crippen molar-refractivity contribution < 1.29 is 14.3 Å². The maximum Gasteiger partial charge on any atom is 0.268 e. The average Bonchev–Trinajstić information content (AvgIpc) is 2.49. The Morgan fingerprint density at radius 2 is 2.00 bits per heavy atom. The zero-order valence-corrected chi connectivity index (χ0v) is 13.1. The number of fused-ring (bicyclic) bond motifs is 1. The van der Waals surface area contributed by atoms with E-state index in [1.165, 1.54) is 6.42 Å². The first-order chi connectivity index (χ1) is 10.5. The van der Waals surface area contributed by atoms with Crippen LogP contribution in [0.25, 0.3) is 0 Å². The van der Waals surface area contributed by atoms with Gasteiger partial charge in [-0.2, -0.15) is 0 Å². The molecule has 5 heteroatoms. The number of carbonyl (C=O) groups excluding carboxylic acids is 2. The summed E-state index contributed by atoms with van der Waals surface area (Å²) in [6, 6.07) is 5.35. The summed E-state index contributed by atoms with van der Waals surface area (Å²) in [5, 5.41) is 5.78. The van der Waals surface area contributed by atoms with Gasteiger partial charge in [0.05, 0.1) is 5.69 Å². The molecule has 1 aromatic carbocycles. The molecule has 1 fully saturated rings. The minimum Gasteiger partial charge on any atom is -0.476 e. The fourth-order valence-electron chi connectivity index (χ4n) is 3.00. The van der Waals surface area contributed by atoms with E-state index in [2.05, 4.69) is 10.6 Å². The first-order valence-corrected chi connectivity index (χ1v) is 7.91. The standard InChI is InChI=1S/C17H22N2O3/c1-17(2)16(21)19-13-10-12(8-9-14(13)22-17)18-15(20)11-6-4-3-5-7-11/h8-11H,3-7H2,1-2H3,(H,18,20)(H,19,21). The van der Waals surface area contributed by atoms with Gasteiger partial charge in [-0.3, -0.25) is 9.59 Å². The summed E-state index contributed by atoms with van der Waals surface area (Å²) in [4.78, 5) is 24.2. The molecule has 0 atom stereocenters. The van der Waals surface area contributed by atoms with Crippen LogP contribution in [0.5, 0.6) is 5.75 Å². The van der Waals surface area contributed by atoms with Crippen LogP contribution in [0.3, 0.4) is 0 Å². The molecule has 1 saturated carbocycles. The predicted molar refractivity (Wildman–Crippen MR) is 85.0 cm³/mol. The van der Waals surface area contributed by atoms with Crippen molar-refractivity contribution in [1.82, 2.24) is 0 Å². The molecule has 5 nitrogen and oxygen atoms in total. The summed E-state index contributed by atoms with van der Waals surface area (Å²) in [6.45, 7) is 3.45. The number of anilines is 2. The molecular formula is C17H22N2O3. The Hall–Kier alpha value is -2.04. The van der Waals surface area contributed by atoms with Gasteiger partial charge < -0.3 is 15.4 Å². The minimum atomic E-state index is -0.875. The fraction of sp³-hybridized carbons (Fsp3) is 0.529. The zero-order valence-electron chi connectivity index (χ0n) is 13.1. The van der Waals surface area contributed by atoms with Crippen LogP contribution in [0.4, 0.5) is 11.4 Å². The molecule has 1 heterocycles. The third kappa shape index (κ3) is 2.93. The number of nitrogens with one attached hydrogen (secondary N) is 2. The highest BCUT2D eigenvalue weighted by Crippen LogP contribution is 2.35. The van der Waals surface area contributed by atoms with Crippen LogP contribution < -0.4 is 15.4 Å². The number of rotatable bonds is 2. The van der Waals surface area contributed by atoms with Gasteiger partial charge in [0.2, 0.25) is 5.91 Å². The summed E-state index contributed by atoms with van der Waals surface area (Å²) in [7, 11) is 0. The van der Waals surface area contributed by atoms with Crippen LogP contribution in [0.15, 0.2) is 18.2 Å². The molecule has 1 aliphatic carbocycles. The molecule has 1 aliphatic heterocycles. The van der Waals surface area contributed by atoms with Crippen LogP contribution in [0.1, 0.15) is 46.0 Å². The van der Waals surface area contributed by atoms with Gasteiger partial charge in [0, 0.05) is 11.6 Å². The van der Waals surface area contributed by atoms with Crippen molar-refractivity contribution in [2.75, 3.05) is 10.6 Å². The first-order valence-electron chi connectivity index (χ1n) is 7.91. The summed E-state index contributed by atoms with van der Waals surface area (Å²) < 4.78 is 5.68. The Kier molecular flexibility index (Phi) is 3.81. The molecule has 118 valence electrons. The maximum absolute atomic E-state index is 12.3. The van der Waals surface area contributed by atoms with Crippen molar-refractivity contribution in [1.29, 1.82) is 0 Å². The van der Waals surface area contributed by atoms with E-state index in [-0.39, 0.29) is 17.7 Å². The van der Waals surface area contributed by atoms with Crippen LogP contribution in [-0.4, -0.2) is 17.4 Å². The molecule has 0 saturated heterocycles. The van der Waals surface area contributed by atoms with E-state index in [1.807, 2.05) is 6.07 Å². The van der Waals surface area contributed by atoms with Crippen molar-refractivity contribution in [3.05, 3.63) is 18.2 Å². The Morgan fingerprint density at radius 1 is 1.27 bits per heavy atom. The average molecular weight is 302 g/mol. The molecule has 3 rings (SSSR count). The lowest BCUT2D eigenvalue weighted by Gasteiger charge is -2.31. The lowest BCUT2D eigenvalue weighted by atomic mass is 9.88. The summed E-state index contributed by atoms with van der Waals surface area (Å²) in [5.41, 5.74) is 0.420. The molecule has 0 aromatic heterocycles. The topological polar surface area (TPSA) is 67.4 Å². The van der Waals surface area contributed by atoms with Crippen molar-refractivity contribution in [3.8, 4) is 5.75 Å². The van der Waals surface area contributed by atoms with Crippen molar-refractivity contribution in [2.24, 2.45) is 5.92 Å². The maximum atomic E-state index is 12.3. The first kappa shape index (κ1) is 14.9. The number of hydrogen-bond acceptors (Lipinski definition) is 3. The van der Waals surface area contributed by atoms with E-state index in [0.29, 0.717) is 17.1 Å². The third-order valence-corrected chi connectivity index (χ3v) is 4.38. The van der Waals surface area contributed by atoms with Gasteiger partial charge in [0.15, 0.2) is 5.60 Å². The van der Waals surface area contributed by atoms with Gasteiger partial charge in [-0.05, 0) is 44.9 Å². The molecule has 2 aliphatic rings. The van der Waals surface area contributed by atoms with Gasteiger partial charge in [-0.15, -0.1) is 0 Å².